The van der Waals surface area contributed by atoms with Gasteiger partial charge in [0.15, 0.2) is 0 Å². The highest BCUT2D eigenvalue weighted by Gasteiger charge is 2.35. The average molecular weight is 574 g/mol. The summed E-state index contributed by atoms with van der Waals surface area (Å²) in [7, 11) is 2.18. The number of carbonyl (C=O) groups is 1. The number of rotatable bonds is 9. The molecule has 5 rings (SSSR count). The lowest BCUT2D eigenvalue weighted by molar-refractivity contribution is -0.130. The number of benzene rings is 1. The second-order valence-electron chi connectivity index (χ2n) is 12.5. The number of methoxy groups -OCH3 is 1. The first-order chi connectivity index (χ1) is 19.3. The Bertz CT molecular complexity index is 1010. The first-order valence-electron chi connectivity index (χ1n) is 15.6. The maximum Gasteiger partial charge on any atom is 0.223 e. The van der Waals surface area contributed by atoms with Crippen LogP contribution in [0.5, 0.6) is 5.75 Å². The number of hydrogen-bond acceptors (Lipinski definition) is 6. The van der Waals surface area contributed by atoms with E-state index in [-0.39, 0.29) is 5.91 Å². The number of amides is 1. The predicted molar refractivity (Wildman–Crippen MR) is 161 cm³/mol. The Morgan fingerprint density at radius 3 is 1.93 bits per heavy atom. The summed E-state index contributed by atoms with van der Waals surface area (Å²) in [5.41, 5.74) is 1.90. The molecular weight excluding hydrogens is 522 g/mol. The number of ether oxygens (including phenoxy) is 1. The molecule has 2 atom stereocenters. The first-order valence-corrected chi connectivity index (χ1v) is 16.7. The molecule has 2 unspecified atom stereocenters. The smallest absolute Gasteiger partial charge is 0.223 e. The van der Waals surface area contributed by atoms with Crippen molar-refractivity contribution < 1.29 is 13.7 Å². The average Bonchev–Trinajstić information content (AvgIpc) is 3.69. The maximum atomic E-state index is 13.3. The van der Waals surface area contributed by atoms with E-state index in [0.717, 1.165) is 66.5 Å². The third-order valence-electron chi connectivity index (χ3n) is 9.99. The van der Waals surface area contributed by atoms with Crippen LogP contribution in [0.1, 0.15) is 62.5 Å². The van der Waals surface area contributed by atoms with Crippen molar-refractivity contribution in [2.45, 2.75) is 88.2 Å². The van der Waals surface area contributed by atoms with Crippen LogP contribution in [0.15, 0.2) is 17.0 Å². The third-order valence-corrected chi connectivity index (χ3v) is 11.7. The van der Waals surface area contributed by atoms with Gasteiger partial charge in [-0.3, -0.25) is 14.6 Å². The summed E-state index contributed by atoms with van der Waals surface area (Å²) in [5.74, 6) is 0.960. The van der Waals surface area contributed by atoms with Crippen LogP contribution in [0, 0.1) is 13.8 Å². The van der Waals surface area contributed by atoms with Crippen molar-refractivity contribution in [2.24, 2.45) is 0 Å². The molecule has 3 saturated heterocycles. The van der Waals surface area contributed by atoms with Crippen LogP contribution in [0.2, 0.25) is 0 Å². The van der Waals surface area contributed by atoms with Gasteiger partial charge in [0.2, 0.25) is 5.91 Å². The van der Waals surface area contributed by atoms with Crippen molar-refractivity contribution in [3.05, 3.63) is 23.3 Å². The first kappa shape index (κ1) is 30.0. The Morgan fingerprint density at radius 1 is 0.850 bits per heavy atom. The van der Waals surface area contributed by atoms with E-state index >= 15 is 0 Å². The normalized spacial score (nSPS) is 27.9. The second kappa shape index (κ2) is 13.6. The fourth-order valence-corrected chi connectivity index (χ4v) is 8.82. The van der Waals surface area contributed by atoms with Gasteiger partial charge in [0, 0.05) is 77.4 Å². The van der Waals surface area contributed by atoms with Crippen molar-refractivity contribution >= 4 is 16.9 Å². The molecule has 0 aromatic heterocycles. The van der Waals surface area contributed by atoms with Crippen LogP contribution in [0.3, 0.4) is 0 Å². The van der Waals surface area contributed by atoms with Gasteiger partial charge in [0.25, 0.3) is 0 Å². The van der Waals surface area contributed by atoms with Crippen LogP contribution in [0.25, 0.3) is 0 Å². The second-order valence-corrected chi connectivity index (χ2v) is 14.0. The molecule has 40 heavy (non-hydrogen) atoms. The quantitative estimate of drug-likeness (QED) is 0.452. The van der Waals surface area contributed by atoms with Crippen LogP contribution in [-0.4, -0.2) is 125 Å². The fourth-order valence-electron chi connectivity index (χ4n) is 7.58. The number of nitrogens with zero attached hydrogens (tertiary/aromatic N) is 5. The SMILES string of the molecule is COc1cc(C)c(S(=O)N(C)CCC(=O)N2CCC(N3CCN(C4CCC(N5CCCC5)CC4)CC3)C2)c(C)c1. The van der Waals surface area contributed by atoms with E-state index < -0.39 is 11.0 Å². The Morgan fingerprint density at radius 2 is 1.38 bits per heavy atom. The summed E-state index contributed by atoms with van der Waals surface area (Å²) in [5, 5.41) is 0. The minimum Gasteiger partial charge on any atom is -0.497 e. The molecule has 0 spiro atoms. The molecule has 0 radical (unpaired) electrons. The molecule has 3 heterocycles. The highest BCUT2D eigenvalue weighted by molar-refractivity contribution is 7.82. The van der Waals surface area contributed by atoms with E-state index in [1.807, 2.05) is 37.9 Å². The largest absolute Gasteiger partial charge is 0.497 e. The zero-order valence-electron chi connectivity index (χ0n) is 25.3. The predicted octanol–water partition coefficient (Wildman–Crippen LogP) is 3.28. The minimum absolute atomic E-state index is 0.183. The van der Waals surface area contributed by atoms with Crippen molar-refractivity contribution in [1.29, 1.82) is 0 Å². The molecule has 224 valence electrons. The molecule has 0 bridgehead atoms. The van der Waals surface area contributed by atoms with Gasteiger partial charge < -0.3 is 14.5 Å². The van der Waals surface area contributed by atoms with E-state index in [0.29, 0.717) is 19.0 Å². The standard InChI is InChI=1S/C31H51N5O3S/c1-24-21-29(39-4)22-25(2)31(24)40(38)32(3)15-12-30(37)36-16-11-28(23-36)35-19-17-34(18-20-35)27-9-7-26(8-10-27)33-13-5-6-14-33/h21-22,26-28H,5-20,23H2,1-4H3. The van der Waals surface area contributed by atoms with Gasteiger partial charge in [0.05, 0.1) is 12.0 Å². The summed E-state index contributed by atoms with van der Waals surface area (Å²) in [6.45, 7) is 13.3. The van der Waals surface area contributed by atoms with E-state index in [2.05, 4.69) is 14.7 Å². The molecule has 9 heteroatoms. The van der Waals surface area contributed by atoms with Crippen LogP contribution < -0.4 is 4.74 Å². The number of likely N-dealkylation sites (tertiary alicyclic amines) is 2. The molecule has 1 aromatic carbocycles. The Labute approximate surface area is 244 Å². The van der Waals surface area contributed by atoms with Crippen molar-refractivity contribution in [3.8, 4) is 5.75 Å². The lowest BCUT2D eigenvalue weighted by Gasteiger charge is -2.44. The van der Waals surface area contributed by atoms with Crippen molar-refractivity contribution in [2.75, 3.05) is 73.1 Å². The Kier molecular flexibility index (Phi) is 10.2. The lowest BCUT2D eigenvalue weighted by Crippen LogP contribution is -2.54. The number of piperazine rings is 1. The molecule has 3 aliphatic heterocycles. The van der Waals surface area contributed by atoms with Crippen molar-refractivity contribution in [3.63, 3.8) is 0 Å². The zero-order chi connectivity index (χ0) is 28.2. The number of carbonyl (C=O) groups excluding carboxylic acids is 1. The van der Waals surface area contributed by atoms with E-state index in [1.54, 1.807) is 11.4 Å². The summed E-state index contributed by atoms with van der Waals surface area (Å²) in [4.78, 5) is 24.1. The van der Waals surface area contributed by atoms with Gasteiger partial charge in [-0.2, -0.15) is 0 Å². The molecular formula is C31H51N5O3S. The monoisotopic (exact) mass is 573 g/mol. The van der Waals surface area contributed by atoms with Gasteiger partial charge in [-0.05, 0) is 95.1 Å². The molecule has 1 aromatic rings. The van der Waals surface area contributed by atoms with Gasteiger partial charge >= 0.3 is 0 Å². The zero-order valence-corrected chi connectivity index (χ0v) is 26.1. The third kappa shape index (κ3) is 6.92. The van der Waals surface area contributed by atoms with Crippen LogP contribution in [-0.2, 0) is 15.8 Å². The van der Waals surface area contributed by atoms with Gasteiger partial charge in [-0.1, -0.05) is 0 Å². The highest BCUT2D eigenvalue weighted by atomic mass is 32.2. The molecule has 4 fully saturated rings. The van der Waals surface area contributed by atoms with E-state index in [4.69, 9.17) is 4.74 Å². The fraction of sp³-hybridized carbons (Fsp3) is 0.774. The summed E-state index contributed by atoms with van der Waals surface area (Å²) in [6, 6.07) is 5.94. The van der Waals surface area contributed by atoms with E-state index in [1.165, 1.54) is 64.7 Å². The summed E-state index contributed by atoms with van der Waals surface area (Å²) < 4.78 is 20.4. The Balaban J connectivity index is 1.03. The van der Waals surface area contributed by atoms with Crippen LogP contribution in [0.4, 0.5) is 0 Å². The van der Waals surface area contributed by atoms with E-state index in [9.17, 15) is 9.00 Å². The molecule has 0 N–H and O–H groups in total. The topological polar surface area (TPSA) is 59.6 Å². The molecule has 1 amide bonds. The van der Waals surface area contributed by atoms with Crippen LogP contribution >= 0.6 is 0 Å². The number of hydrogen-bond donors (Lipinski definition) is 0. The molecule has 1 aliphatic carbocycles. The van der Waals surface area contributed by atoms with Gasteiger partial charge in [-0.15, -0.1) is 0 Å². The molecule has 4 aliphatic rings. The van der Waals surface area contributed by atoms with Gasteiger partial charge in [-0.25, -0.2) is 8.51 Å². The van der Waals surface area contributed by atoms with Gasteiger partial charge in [0.1, 0.15) is 16.7 Å². The lowest BCUT2D eigenvalue weighted by atomic mass is 9.89. The summed E-state index contributed by atoms with van der Waals surface area (Å²) >= 11 is 0. The summed E-state index contributed by atoms with van der Waals surface area (Å²) in [6.07, 6.45) is 9.75. The Hall–Kier alpha value is -1.52. The maximum absolute atomic E-state index is 13.3. The highest BCUT2D eigenvalue weighted by Crippen LogP contribution is 2.30. The molecule has 1 saturated carbocycles. The number of aryl methyl sites for hydroxylation is 2. The molecule has 8 nitrogen and oxygen atoms in total. The minimum atomic E-state index is -1.31. The van der Waals surface area contributed by atoms with Crippen molar-refractivity contribution in [1.82, 2.24) is 23.9 Å².